The molecule has 0 aliphatic heterocycles. The van der Waals surface area contributed by atoms with Gasteiger partial charge in [0, 0.05) is 23.2 Å². The van der Waals surface area contributed by atoms with Crippen LogP contribution < -0.4 is 5.32 Å². The minimum absolute atomic E-state index is 0.264. The van der Waals surface area contributed by atoms with Crippen molar-refractivity contribution in [2.24, 2.45) is 0 Å². The predicted octanol–water partition coefficient (Wildman–Crippen LogP) is 4.49. The summed E-state index contributed by atoms with van der Waals surface area (Å²) in [5.41, 5.74) is 3.30. The molecule has 1 aliphatic carbocycles. The number of aromatic nitrogens is 5. The third-order valence-electron chi connectivity index (χ3n) is 4.66. The van der Waals surface area contributed by atoms with Crippen LogP contribution in [0.25, 0.3) is 21.9 Å². The molecule has 0 bridgehead atoms. The lowest BCUT2D eigenvalue weighted by atomic mass is 10.1. The van der Waals surface area contributed by atoms with Gasteiger partial charge in [0.05, 0.1) is 16.7 Å². The zero-order valence-corrected chi connectivity index (χ0v) is 14.1. The summed E-state index contributed by atoms with van der Waals surface area (Å²) in [7, 11) is 0. The Labute approximate surface area is 151 Å². The maximum Gasteiger partial charge on any atom is 0.408 e. The van der Waals surface area contributed by atoms with Crippen LogP contribution in [-0.2, 0) is 6.54 Å². The number of hydrogen-bond donors (Lipinski definition) is 2. The Bertz CT molecular complexity index is 1140. The van der Waals surface area contributed by atoms with E-state index in [0.717, 1.165) is 34.1 Å². The van der Waals surface area contributed by atoms with Crippen molar-refractivity contribution < 1.29 is 13.2 Å². The molecule has 6 nitrogen and oxygen atoms in total. The summed E-state index contributed by atoms with van der Waals surface area (Å²) in [6, 6.07) is 8.99. The Morgan fingerprint density at radius 1 is 1.22 bits per heavy atom. The molecule has 1 saturated carbocycles. The normalized spacial score (nSPS) is 14.9. The second-order valence-electron chi connectivity index (χ2n) is 6.76. The van der Waals surface area contributed by atoms with Crippen LogP contribution in [0.1, 0.15) is 24.5 Å². The van der Waals surface area contributed by atoms with Crippen molar-refractivity contribution in [2.45, 2.75) is 31.5 Å². The van der Waals surface area contributed by atoms with E-state index in [4.69, 9.17) is 0 Å². The van der Waals surface area contributed by atoms with Crippen molar-refractivity contribution in [2.75, 3.05) is 5.32 Å². The van der Waals surface area contributed by atoms with E-state index >= 15 is 0 Å². The number of alkyl halides is 3. The first-order chi connectivity index (χ1) is 13.0. The van der Waals surface area contributed by atoms with Crippen molar-refractivity contribution >= 4 is 33.4 Å². The fourth-order valence-corrected chi connectivity index (χ4v) is 3.30. The molecule has 1 aliphatic rings. The van der Waals surface area contributed by atoms with Crippen LogP contribution in [0.5, 0.6) is 0 Å². The number of rotatable bonds is 4. The second kappa shape index (κ2) is 5.70. The van der Waals surface area contributed by atoms with Gasteiger partial charge in [0.1, 0.15) is 12.1 Å². The average Bonchev–Trinajstić information content (AvgIpc) is 3.31. The molecule has 0 saturated heterocycles. The number of halogens is 3. The molecule has 3 aromatic heterocycles. The van der Waals surface area contributed by atoms with Gasteiger partial charge < -0.3 is 5.32 Å². The van der Waals surface area contributed by atoms with Crippen LogP contribution in [0.15, 0.2) is 36.5 Å². The van der Waals surface area contributed by atoms with Crippen LogP contribution in [0.2, 0.25) is 0 Å². The third kappa shape index (κ3) is 2.98. The van der Waals surface area contributed by atoms with Gasteiger partial charge in [0.25, 0.3) is 0 Å². The van der Waals surface area contributed by atoms with Gasteiger partial charge in [-0.05, 0) is 43.2 Å². The fraction of sp³-hybridized carbons (Fsp3) is 0.278. The molecule has 138 valence electrons. The summed E-state index contributed by atoms with van der Waals surface area (Å²) in [6.07, 6.45) is -0.718. The molecule has 0 unspecified atom stereocenters. The van der Waals surface area contributed by atoms with Crippen LogP contribution >= 0.6 is 0 Å². The van der Waals surface area contributed by atoms with Gasteiger partial charge >= 0.3 is 6.18 Å². The Hall–Kier alpha value is -3.10. The van der Waals surface area contributed by atoms with E-state index < -0.39 is 12.7 Å². The quantitative estimate of drug-likeness (QED) is 0.554. The largest absolute Gasteiger partial charge is 0.408 e. The first-order valence-electron chi connectivity index (χ1n) is 8.61. The summed E-state index contributed by atoms with van der Waals surface area (Å²) in [4.78, 5) is 4.28. The lowest BCUT2D eigenvalue weighted by molar-refractivity contribution is -0.141. The van der Waals surface area contributed by atoms with E-state index in [9.17, 15) is 13.2 Å². The van der Waals surface area contributed by atoms with Gasteiger partial charge in [-0.2, -0.15) is 23.4 Å². The SMILES string of the molecule is FC(F)(F)Cn1nc(C2CC2)c2ccc(Nc3n[nH]c4cccnc34)cc21. The first-order valence-corrected chi connectivity index (χ1v) is 8.61. The highest BCUT2D eigenvalue weighted by Crippen LogP contribution is 2.43. The smallest absolute Gasteiger partial charge is 0.337 e. The van der Waals surface area contributed by atoms with Gasteiger partial charge in [0.15, 0.2) is 5.82 Å². The van der Waals surface area contributed by atoms with Crippen molar-refractivity contribution in [3.63, 3.8) is 0 Å². The molecule has 0 spiro atoms. The number of anilines is 2. The lowest BCUT2D eigenvalue weighted by Crippen LogP contribution is -2.18. The van der Waals surface area contributed by atoms with Gasteiger partial charge in [-0.1, -0.05) is 0 Å². The standard InChI is InChI=1S/C18H15F3N6/c19-18(20,21)9-27-14-8-11(5-6-12(14)15(26-27)10-3-4-10)23-17-16-13(24-25-17)2-1-7-22-16/h1-2,5-8,10H,3-4,9H2,(H2,23,24,25). The van der Waals surface area contributed by atoms with Crippen LogP contribution in [0, 0.1) is 0 Å². The van der Waals surface area contributed by atoms with E-state index in [1.807, 2.05) is 18.2 Å². The number of H-pyrrole nitrogens is 1. The Kier molecular flexibility index (Phi) is 3.40. The summed E-state index contributed by atoms with van der Waals surface area (Å²) in [6.45, 7) is -1.10. The monoisotopic (exact) mass is 372 g/mol. The molecule has 5 rings (SSSR count). The highest BCUT2D eigenvalue weighted by molar-refractivity contribution is 5.90. The van der Waals surface area contributed by atoms with Crippen LogP contribution in [0.3, 0.4) is 0 Å². The Morgan fingerprint density at radius 3 is 2.85 bits per heavy atom. The van der Waals surface area contributed by atoms with Gasteiger partial charge in [0.2, 0.25) is 0 Å². The highest BCUT2D eigenvalue weighted by Gasteiger charge is 2.33. The van der Waals surface area contributed by atoms with Gasteiger partial charge in [-0.25, -0.2) is 0 Å². The first kappa shape index (κ1) is 16.1. The highest BCUT2D eigenvalue weighted by atomic mass is 19.4. The molecule has 1 fully saturated rings. The maximum atomic E-state index is 13.0. The molecule has 0 atom stereocenters. The van der Waals surface area contributed by atoms with Crippen molar-refractivity contribution in [3.05, 3.63) is 42.2 Å². The molecular weight excluding hydrogens is 357 g/mol. The molecule has 9 heteroatoms. The third-order valence-corrected chi connectivity index (χ3v) is 4.66. The van der Waals surface area contributed by atoms with E-state index in [2.05, 4.69) is 25.6 Å². The van der Waals surface area contributed by atoms with Crippen molar-refractivity contribution in [3.8, 4) is 0 Å². The summed E-state index contributed by atoms with van der Waals surface area (Å²) in [5.74, 6) is 0.787. The summed E-state index contributed by atoms with van der Waals surface area (Å²) < 4.78 is 40.0. The number of pyridine rings is 1. The second-order valence-corrected chi connectivity index (χ2v) is 6.76. The molecule has 2 N–H and O–H groups in total. The Morgan fingerprint density at radius 2 is 2.07 bits per heavy atom. The summed E-state index contributed by atoms with van der Waals surface area (Å²) in [5, 5.41) is 15.2. The van der Waals surface area contributed by atoms with E-state index in [-0.39, 0.29) is 5.92 Å². The molecule has 4 aromatic rings. The van der Waals surface area contributed by atoms with Crippen LogP contribution in [0.4, 0.5) is 24.7 Å². The number of aromatic amines is 1. The summed E-state index contributed by atoms with van der Waals surface area (Å²) >= 11 is 0. The number of hydrogen-bond acceptors (Lipinski definition) is 4. The van der Waals surface area contributed by atoms with Gasteiger partial charge in [-0.15, -0.1) is 0 Å². The van der Waals surface area contributed by atoms with E-state index in [1.165, 1.54) is 0 Å². The number of nitrogens with one attached hydrogen (secondary N) is 2. The lowest BCUT2D eigenvalue weighted by Gasteiger charge is -2.08. The molecule has 3 heterocycles. The minimum Gasteiger partial charge on any atom is -0.337 e. The topological polar surface area (TPSA) is 71.4 Å². The number of fused-ring (bicyclic) bond motifs is 2. The van der Waals surface area contributed by atoms with E-state index in [0.29, 0.717) is 22.5 Å². The maximum absolute atomic E-state index is 13.0. The zero-order valence-electron chi connectivity index (χ0n) is 14.1. The fourth-order valence-electron chi connectivity index (χ4n) is 3.30. The molecule has 0 radical (unpaired) electrons. The molecule has 1 aromatic carbocycles. The average molecular weight is 372 g/mol. The number of benzene rings is 1. The molecule has 0 amide bonds. The van der Waals surface area contributed by atoms with Crippen molar-refractivity contribution in [1.29, 1.82) is 0 Å². The van der Waals surface area contributed by atoms with Crippen molar-refractivity contribution in [1.82, 2.24) is 25.0 Å². The molecule has 27 heavy (non-hydrogen) atoms. The number of nitrogens with zero attached hydrogens (tertiary/aromatic N) is 4. The van der Waals surface area contributed by atoms with E-state index in [1.54, 1.807) is 18.3 Å². The minimum atomic E-state index is -4.33. The van der Waals surface area contributed by atoms with Crippen LogP contribution in [-0.4, -0.2) is 31.1 Å². The Balaban J connectivity index is 1.56. The zero-order chi connectivity index (χ0) is 18.6. The predicted molar refractivity (Wildman–Crippen MR) is 94.9 cm³/mol. The molecular formula is C18H15F3N6. The van der Waals surface area contributed by atoms with Gasteiger partial charge in [-0.3, -0.25) is 14.8 Å².